The third-order valence-corrected chi connectivity index (χ3v) is 3.64. The van der Waals surface area contributed by atoms with Crippen LogP contribution < -0.4 is 0 Å². The molecule has 0 bridgehead atoms. The maximum Gasteiger partial charge on any atom is 0.0499 e. The Balaban J connectivity index is 2.29. The summed E-state index contributed by atoms with van der Waals surface area (Å²) >= 11 is 0. The molecule has 18 heavy (non-hydrogen) atoms. The number of aliphatic hydroxyl groups is 1. The fourth-order valence-corrected chi connectivity index (χ4v) is 2.46. The minimum absolute atomic E-state index is 0.276. The highest BCUT2D eigenvalue weighted by Gasteiger charge is 2.09. The summed E-state index contributed by atoms with van der Waals surface area (Å²) in [4.78, 5) is 0. The van der Waals surface area contributed by atoms with Gasteiger partial charge in [-0.3, -0.25) is 0 Å². The van der Waals surface area contributed by atoms with Crippen molar-refractivity contribution in [2.45, 2.75) is 64.7 Å². The zero-order chi connectivity index (χ0) is 13.2. The normalized spacial score (nSPS) is 12.6. The Kier molecular flexibility index (Phi) is 7.75. The van der Waals surface area contributed by atoms with Crippen molar-refractivity contribution in [1.82, 2.24) is 0 Å². The zero-order valence-corrected chi connectivity index (χ0v) is 12.0. The van der Waals surface area contributed by atoms with Gasteiger partial charge in [-0.1, -0.05) is 75.3 Å². The van der Waals surface area contributed by atoms with Crippen molar-refractivity contribution >= 4 is 0 Å². The Morgan fingerprint density at radius 3 is 2.44 bits per heavy atom. The second kappa shape index (κ2) is 9.16. The molecular formula is C17H28O. The summed E-state index contributed by atoms with van der Waals surface area (Å²) in [5, 5.41) is 9.51. The summed E-state index contributed by atoms with van der Waals surface area (Å²) in [7, 11) is 0. The van der Waals surface area contributed by atoms with E-state index in [9.17, 15) is 5.11 Å². The molecule has 1 heteroatoms. The summed E-state index contributed by atoms with van der Waals surface area (Å²) in [5.74, 6) is 0.330. The Morgan fingerprint density at radius 2 is 1.78 bits per heavy atom. The number of aryl methyl sites for hydroxylation is 1. The highest BCUT2D eigenvalue weighted by Crippen LogP contribution is 2.23. The molecule has 0 amide bonds. The van der Waals surface area contributed by atoms with Crippen LogP contribution in [0.3, 0.4) is 0 Å². The highest BCUT2D eigenvalue weighted by atomic mass is 16.3. The van der Waals surface area contributed by atoms with E-state index in [0.717, 1.165) is 6.42 Å². The standard InChI is InChI=1S/C17H28O/c1-3-4-5-6-7-8-11-17(14-18)16-12-9-10-15(2)13-16/h9-10,12-13,17-18H,3-8,11,14H2,1-2H3. The first-order valence-electron chi connectivity index (χ1n) is 7.45. The van der Waals surface area contributed by atoms with Crippen LogP contribution in [0.25, 0.3) is 0 Å². The van der Waals surface area contributed by atoms with Gasteiger partial charge in [-0.05, 0) is 18.9 Å². The molecule has 1 rings (SSSR count). The van der Waals surface area contributed by atoms with Crippen molar-refractivity contribution in [3.05, 3.63) is 35.4 Å². The van der Waals surface area contributed by atoms with Crippen molar-refractivity contribution in [2.75, 3.05) is 6.61 Å². The number of rotatable bonds is 9. The maximum atomic E-state index is 9.51. The summed E-state index contributed by atoms with van der Waals surface area (Å²) < 4.78 is 0. The van der Waals surface area contributed by atoms with Gasteiger partial charge < -0.3 is 5.11 Å². The number of benzene rings is 1. The van der Waals surface area contributed by atoms with Gasteiger partial charge in [0.15, 0.2) is 0 Å². The molecule has 0 spiro atoms. The number of hydrogen-bond acceptors (Lipinski definition) is 1. The predicted octanol–water partition coefficient (Wildman–Crippen LogP) is 4.82. The van der Waals surface area contributed by atoms with E-state index < -0.39 is 0 Å². The Hall–Kier alpha value is -0.820. The monoisotopic (exact) mass is 248 g/mol. The first kappa shape index (κ1) is 15.2. The second-order valence-electron chi connectivity index (χ2n) is 5.35. The van der Waals surface area contributed by atoms with Gasteiger partial charge in [0.25, 0.3) is 0 Å². The SMILES string of the molecule is CCCCCCCCC(CO)c1cccc(C)c1. The Bertz CT molecular complexity index is 319. The number of aliphatic hydroxyl groups excluding tert-OH is 1. The first-order valence-corrected chi connectivity index (χ1v) is 7.45. The highest BCUT2D eigenvalue weighted by molar-refractivity contribution is 5.25. The van der Waals surface area contributed by atoms with Crippen molar-refractivity contribution < 1.29 is 5.11 Å². The molecule has 0 fully saturated rings. The van der Waals surface area contributed by atoms with E-state index in [1.165, 1.54) is 49.7 Å². The molecule has 0 aliphatic carbocycles. The van der Waals surface area contributed by atoms with Gasteiger partial charge in [0.2, 0.25) is 0 Å². The zero-order valence-electron chi connectivity index (χ0n) is 12.0. The topological polar surface area (TPSA) is 20.2 Å². The molecule has 1 N–H and O–H groups in total. The van der Waals surface area contributed by atoms with E-state index in [1.807, 2.05) is 0 Å². The summed E-state index contributed by atoms with van der Waals surface area (Å²) in [5.41, 5.74) is 2.58. The van der Waals surface area contributed by atoms with E-state index in [-0.39, 0.29) is 6.61 Å². The average Bonchev–Trinajstić information content (AvgIpc) is 2.38. The lowest BCUT2D eigenvalue weighted by Crippen LogP contribution is -2.04. The van der Waals surface area contributed by atoms with Gasteiger partial charge in [0, 0.05) is 12.5 Å². The van der Waals surface area contributed by atoms with Crippen LogP contribution in [0.2, 0.25) is 0 Å². The van der Waals surface area contributed by atoms with Crippen molar-refractivity contribution in [2.24, 2.45) is 0 Å². The van der Waals surface area contributed by atoms with Gasteiger partial charge in [-0.2, -0.15) is 0 Å². The lowest BCUT2D eigenvalue weighted by molar-refractivity contribution is 0.256. The quantitative estimate of drug-likeness (QED) is 0.621. The Labute approximate surface area is 112 Å². The van der Waals surface area contributed by atoms with E-state index >= 15 is 0 Å². The second-order valence-corrected chi connectivity index (χ2v) is 5.35. The molecule has 0 aliphatic rings. The van der Waals surface area contributed by atoms with Crippen LogP contribution in [-0.2, 0) is 0 Å². The molecule has 1 aromatic carbocycles. The fraction of sp³-hybridized carbons (Fsp3) is 0.647. The van der Waals surface area contributed by atoms with Crippen LogP contribution in [-0.4, -0.2) is 11.7 Å². The van der Waals surface area contributed by atoms with Crippen LogP contribution in [0.5, 0.6) is 0 Å². The predicted molar refractivity (Wildman–Crippen MR) is 79.0 cm³/mol. The molecule has 1 aromatic rings. The van der Waals surface area contributed by atoms with E-state index in [4.69, 9.17) is 0 Å². The molecule has 1 nitrogen and oxygen atoms in total. The first-order chi connectivity index (χ1) is 8.77. The minimum atomic E-state index is 0.276. The van der Waals surface area contributed by atoms with E-state index in [2.05, 4.69) is 38.1 Å². The van der Waals surface area contributed by atoms with Crippen molar-refractivity contribution in [1.29, 1.82) is 0 Å². The summed E-state index contributed by atoms with van der Waals surface area (Å²) in [6.07, 6.45) is 9.05. The Morgan fingerprint density at radius 1 is 1.06 bits per heavy atom. The summed E-state index contributed by atoms with van der Waals surface area (Å²) in [6.45, 7) is 4.64. The van der Waals surface area contributed by atoms with Crippen LogP contribution in [0.4, 0.5) is 0 Å². The molecule has 0 aliphatic heterocycles. The van der Waals surface area contributed by atoms with Gasteiger partial charge in [-0.15, -0.1) is 0 Å². The smallest absolute Gasteiger partial charge is 0.0499 e. The number of unbranched alkanes of at least 4 members (excludes halogenated alkanes) is 5. The van der Waals surface area contributed by atoms with Gasteiger partial charge in [0.05, 0.1) is 0 Å². The van der Waals surface area contributed by atoms with Gasteiger partial charge >= 0.3 is 0 Å². The van der Waals surface area contributed by atoms with E-state index in [1.54, 1.807) is 0 Å². The molecule has 0 saturated carbocycles. The van der Waals surface area contributed by atoms with Crippen LogP contribution in [0, 0.1) is 6.92 Å². The lowest BCUT2D eigenvalue weighted by atomic mass is 9.92. The molecule has 0 aromatic heterocycles. The average molecular weight is 248 g/mol. The minimum Gasteiger partial charge on any atom is -0.396 e. The third kappa shape index (κ3) is 5.68. The number of hydrogen-bond donors (Lipinski definition) is 1. The molecule has 1 atom stereocenters. The van der Waals surface area contributed by atoms with Crippen LogP contribution >= 0.6 is 0 Å². The van der Waals surface area contributed by atoms with E-state index in [0.29, 0.717) is 5.92 Å². The van der Waals surface area contributed by atoms with Crippen LogP contribution in [0.15, 0.2) is 24.3 Å². The maximum absolute atomic E-state index is 9.51. The molecular weight excluding hydrogens is 220 g/mol. The van der Waals surface area contributed by atoms with Crippen LogP contribution in [0.1, 0.15) is 68.9 Å². The van der Waals surface area contributed by atoms with Crippen molar-refractivity contribution in [3.8, 4) is 0 Å². The molecule has 0 saturated heterocycles. The van der Waals surface area contributed by atoms with Gasteiger partial charge in [-0.25, -0.2) is 0 Å². The summed E-state index contributed by atoms with van der Waals surface area (Å²) in [6, 6.07) is 8.56. The molecule has 102 valence electrons. The largest absolute Gasteiger partial charge is 0.396 e. The molecule has 0 heterocycles. The van der Waals surface area contributed by atoms with Gasteiger partial charge in [0.1, 0.15) is 0 Å². The third-order valence-electron chi connectivity index (χ3n) is 3.64. The molecule has 0 radical (unpaired) electrons. The van der Waals surface area contributed by atoms with Crippen molar-refractivity contribution in [3.63, 3.8) is 0 Å². The lowest BCUT2D eigenvalue weighted by Gasteiger charge is -2.15. The fourth-order valence-electron chi connectivity index (χ4n) is 2.46. The molecule has 1 unspecified atom stereocenters.